The van der Waals surface area contributed by atoms with Gasteiger partial charge in [0, 0.05) is 24.1 Å². The minimum atomic E-state index is -1.11. The second kappa shape index (κ2) is 9.96. The van der Waals surface area contributed by atoms with E-state index in [1.165, 1.54) is 41.6 Å². The van der Waals surface area contributed by atoms with Gasteiger partial charge in [0.1, 0.15) is 16.7 Å². The van der Waals surface area contributed by atoms with E-state index in [1.54, 1.807) is 12.1 Å². The largest absolute Gasteiger partial charge is 0.395 e. The highest BCUT2D eigenvalue weighted by atomic mass is 32.1. The molecule has 34 heavy (non-hydrogen) atoms. The van der Waals surface area contributed by atoms with Gasteiger partial charge in [-0.3, -0.25) is 24.3 Å². The summed E-state index contributed by atoms with van der Waals surface area (Å²) in [5.41, 5.74) is 11.7. The second-order valence-corrected chi connectivity index (χ2v) is 8.74. The van der Waals surface area contributed by atoms with Crippen LogP contribution in [0.15, 0.2) is 48.8 Å². The molecule has 1 atom stereocenters. The monoisotopic (exact) mass is 482 g/mol. The number of carbonyl (C=O) groups is 3. The number of nitrogens with two attached hydrogens (primary N) is 2. The quantitative estimate of drug-likeness (QED) is 0.472. The van der Waals surface area contributed by atoms with E-state index >= 15 is 0 Å². The molecule has 1 saturated carbocycles. The lowest BCUT2D eigenvalue weighted by atomic mass is 10.0. The van der Waals surface area contributed by atoms with Gasteiger partial charge in [-0.1, -0.05) is 12.8 Å². The van der Waals surface area contributed by atoms with Crippen LogP contribution in [-0.2, 0) is 4.79 Å². The molecule has 0 spiro atoms. The highest BCUT2D eigenvalue weighted by Gasteiger charge is 2.37. The number of pyridine rings is 1. The van der Waals surface area contributed by atoms with Crippen molar-refractivity contribution in [1.82, 2.24) is 14.7 Å². The number of hydrogen-bond acceptors (Lipinski definition) is 7. The van der Waals surface area contributed by atoms with E-state index in [1.807, 2.05) is 0 Å². The maximum atomic E-state index is 13.8. The van der Waals surface area contributed by atoms with Crippen LogP contribution in [0.1, 0.15) is 57.4 Å². The van der Waals surface area contributed by atoms with Gasteiger partial charge in [-0.25, -0.2) is 4.39 Å². The Kier molecular flexibility index (Phi) is 6.82. The van der Waals surface area contributed by atoms with Crippen LogP contribution in [0.3, 0.4) is 0 Å². The number of nitrogens with one attached hydrogen (secondary N) is 1. The van der Waals surface area contributed by atoms with Gasteiger partial charge in [-0.05, 0) is 66.3 Å². The zero-order valence-corrected chi connectivity index (χ0v) is 18.9. The van der Waals surface area contributed by atoms with E-state index in [4.69, 9.17) is 11.5 Å². The van der Waals surface area contributed by atoms with E-state index in [2.05, 4.69) is 14.7 Å². The normalized spacial score (nSPS) is 14.5. The molecule has 0 aliphatic heterocycles. The van der Waals surface area contributed by atoms with Crippen LogP contribution < -0.4 is 21.7 Å². The zero-order chi connectivity index (χ0) is 24.2. The minimum Gasteiger partial charge on any atom is -0.395 e. The van der Waals surface area contributed by atoms with Gasteiger partial charge in [0.2, 0.25) is 5.91 Å². The molecule has 4 rings (SSSR count). The summed E-state index contributed by atoms with van der Waals surface area (Å²) in [5, 5.41) is 3.04. The zero-order valence-electron chi connectivity index (χ0n) is 18.1. The average Bonchev–Trinajstić information content (AvgIpc) is 3.47. The smallest absolute Gasteiger partial charge is 0.273 e. The third kappa shape index (κ3) is 4.74. The van der Waals surface area contributed by atoms with Gasteiger partial charge in [-0.2, -0.15) is 4.37 Å². The Morgan fingerprint density at radius 1 is 1.09 bits per heavy atom. The van der Waals surface area contributed by atoms with Crippen molar-refractivity contribution in [3.05, 3.63) is 70.7 Å². The molecule has 0 unspecified atom stereocenters. The molecule has 11 heteroatoms. The van der Waals surface area contributed by atoms with Gasteiger partial charge in [-0.15, -0.1) is 0 Å². The third-order valence-corrected chi connectivity index (χ3v) is 6.56. The van der Waals surface area contributed by atoms with Crippen molar-refractivity contribution in [2.45, 2.75) is 37.8 Å². The second-order valence-electron chi connectivity index (χ2n) is 7.96. The number of anilines is 2. The third-order valence-electron chi connectivity index (χ3n) is 5.71. The van der Waals surface area contributed by atoms with Gasteiger partial charge in [0.05, 0.1) is 5.69 Å². The lowest BCUT2D eigenvalue weighted by molar-refractivity contribution is -0.123. The number of rotatable bonds is 7. The molecule has 1 aliphatic carbocycles. The topological polar surface area (TPSA) is 144 Å². The predicted octanol–water partition coefficient (Wildman–Crippen LogP) is 2.81. The van der Waals surface area contributed by atoms with E-state index in [-0.39, 0.29) is 28.0 Å². The highest BCUT2D eigenvalue weighted by Crippen LogP contribution is 2.33. The van der Waals surface area contributed by atoms with Crippen molar-refractivity contribution in [3.8, 4) is 0 Å². The Balaban J connectivity index is 1.83. The molecule has 0 saturated heterocycles. The Hall–Kier alpha value is -3.86. The van der Waals surface area contributed by atoms with E-state index < -0.39 is 29.6 Å². The molecule has 0 bridgehead atoms. The van der Waals surface area contributed by atoms with Crippen molar-refractivity contribution in [1.29, 1.82) is 0 Å². The number of primary amides is 1. The lowest BCUT2D eigenvalue weighted by Crippen LogP contribution is -2.46. The number of halogens is 1. The summed E-state index contributed by atoms with van der Waals surface area (Å²) >= 11 is 0.711. The standard InChI is InChI=1S/C23H23FN6O3S/c24-14-5-7-16(8-6-14)30(23(33)20-17(25)18(21(26)31)29-34-20)19(13-9-11-27-12-10-13)22(32)28-15-3-1-2-4-15/h5-12,15,19H,1-4,25H2,(H2,26,31)(H,28,32)/t19-/m1/s1. The Morgan fingerprint density at radius 3 is 2.32 bits per heavy atom. The number of nitrogen functional groups attached to an aromatic ring is 1. The average molecular weight is 483 g/mol. The summed E-state index contributed by atoms with van der Waals surface area (Å²) in [6.07, 6.45) is 6.76. The van der Waals surface area contributed by atoms with E-state index in [0.29, 0.717) is 17.1 Å². The van der Waals surface area contributed by atoms with Crippen LogP contribution in [0, 0.1) is 5.82 Å². The SMILES string of the molecule is NC(=O)c1nsc(C(=O)N(c2ccc(F)cc2)[C@@H](C(=O)NC2CCCC2)c2ccncc2)c1N. The molecule has 1 aliphatic rings. The Labute approximate surface area is 199 Å². The van der Waals surface area contributed by atoms with Crippen LogP contribution in [0.4, 0.5) is 15.8 Å². The first kappa shape index (κ1) is 23.3. The molecule has 2 heterocycles. The van der Waals surface area contributed by atoms with Gasteiger partial charge < -0.3 is 16.8 Å². The van der Waals surface area contributed by atoms with Crippen molar-refractivity contribution >= 4 is 40.6 Å². The fraction of sp³-hybridized carbons (Fsp3) is 0.261. The molecular formula is C23H23FN6O3S. The molecule has 1 fully saturated rings. The fourth-order valence-electron chi connectivity index (χ4n) is 4.04. The maximum absolute atomic E-state index is 13.8. The minimum absolute atomic E-state index is 0.00283. The van der Waals surface area contributed by atoms with Crippen molar-refractivity contribution in [2.24, 2.45) is 5.73 Å². The molecule has 1 aromatic carbocycles. The Bertz CT molecular complexity index is 1200. The fourth-order valence-corrected chi connectivity index (χ4v) is 4.78. The van der Waals surface area contributed by atoms with Gasteiger partial charge in [0.15, 0.2) is 5.69 Å². The Morgan fingerprint density at radius 2 is 1.74 bits per heavy atom. The summed E-state index contributed by atoms with van der Waals surface area (Å²) in [7, 11) is 0. The van der Waals surface area contributed by atoms with E-state index in [0.717, 1.165) is 25.7 Å². The van der Waals surface area contributed by atoms with Gasteiger partial charge in [0.25, 0.3) is 11.8 Å². The van der Waals surface area contributed by atoms with E-state index in [9.17, 15) is 18.8 Å². The van der Waals surface area contributed by atoms with Crippen LogP contribution in [0.25, 0.3) is 0 Å². The molecule has 176 valence electrons. The van der Waals surface area contributed by atoms with Crippen LogP contribution in [0.2, 0.25) is 0 Å². The maximum Gasteiger partial charge on any atom is 0.273 e. The van der Waals surface area contributed by atoms with Crippen molar-refractivity contribution < 1.29 is 18.8 Å². The summed E-state index contributed by atoms with van der Waals surface area (Å²) in [6.45, 7) is 0. The number of hydrogen-bond donors (Lipinski definition) is 3. The number of nitrogens with zero attached hydrogens (tertiary/aromatic N) is 3. The summed E-state index contributed by atoms with van der Waals surface area (Å²) < 4.78 is 17.6. The number of benzene rings is 1. The van der Waals surface area contributed by atoms with Gasteiger partial charge >= 0.3 is 0 Å². The summed E-state index contributed by atoms with van der Waals surface area (Å²) in [5.74, 6) is -2.43. The highest BCUT2D eigenvalue weighted by molar-refractivity contribution is 7.09. The van der Waals surface area contributed by atoms with Crippen LogP contribution in [-0.4, -0.2) is 33.1 Å². The molecule has 9 nitrogen and oxygen atoms in total. The van der Waals surface area contributed by atoms with Crippen LogP contribution >= 0.6 is 11.5 Å². The first-order valence-corrected chi connectivity index (χ1v) is 11.5. The molecule has 5 N–H and O–H groups in total. The number of aromatic nitrogens is 2. The molecular weight excluding hydrogens is 459 g/mol. The molecule has 0 radical (unpaired) electrons. The molecule has 3 amide bonds. The predicted molar refractivity (Wildman–Crippen MR) is 126 cm³/mol. The summed E-state index contributed by atoms with van der Waals surface area (Å²) in [6, 6.07) is 7.34. The first-order valence-electron chi connectivity index (χ1n) is 10.7. The summed E-state index contributed by atoms with van der Waals surface area (Å²) in [4.78, 5) is 44.2. The van der Waals surface area contributed by atoms with Crippen molar-refractivity contribution in [2.75, 3.05) is 10.6 Å². The lowest BCUT2D eigenvalue weighted by Gasteiger charge is -2.32. The van der Waals surface area contributed by atoms with Crippen LogP contribution in [0.5, 0.6) is 0 Å². The first-order chi connectivity index (χ1) is 16.4. The molecule has 3 aromatic rings. The number of carbonyl (C=O) groups excluding carboxylic acids is 3. The molecule has 2 aromatic heterocycles. The number of amides is 3. The van der Waals surface area contributed by atoms with Crippen molar-refractivity contribution in [3.63, 3.8) is 0 Å².